The molecule has 1 aliphatic carbocycles. The Hall–Kier alpha value is -1.12. The first kappa shape index (κ1) is 10.4. The predicted octanol–water partition coefficient (Wildman–Crippen LogP) is 2.70. The Kier molecular flexibility index (Phi) is 2.63. The average molecular weight is 205 g/mol. The lowest BCUT2D eigenvalue weighted by atomic mass is 9.78. The maximum Gasteiger partial charge on any atom is 0.130 e. The van der Waals surface area contributed by atoms with Crippen LogP contribution in [-0.4, -0.2) is 15.5 Å². The summed E-state index contributed by atoms with van der Waals surface area (Å²) >= 11 is 0. The first-order valence-corrected chi connectivity index (χ1v) is 5.74. The van der Waals surface area contributed by atoms with Crippen LogP contribution in [0.25, 0.3) is 0 Å². The lowest BCUT2D eigenvalue weighted by molar-refractivity contribution is 0.305. The number of aryl methyl sites for hydroxylation is 2. The lowest BCUT2D eigenvalue weighted by Crippen LogP contribution is -2.42. The monoisotopic (exact) mass is 205 g/mol. The standard InChI is InChI=1S/C12H19N3/c1-4-10-8-11(14-9(2)13-10)15-12(3)6-5-7-12/h8H,4-7H2,1-3H3,(H,13,14,15). The number of nitrogens with one attached hydrogen (secondary N) is 1. The van der Waals surface area contributed by atoms with Gasteiger partial charge in [0.05, 0.1) is 0 Å². The summed E-state index contributed by atoms with van der Waals surface area (Å²) in [5.74, 6) is 1.85. The Labute approximate surface area is 91.3 Å². The van der Waals surface area contributed by atoms with Crippen molar-refractivity contribution in [2.45, 2.75) is 52.0 Å². The fraction of sp³-hybridized carbons (Fsp3) is 0.667. The molecule has 0 aliphatic heterocycles. The van der Waals surface area contributed by atoms with Gasteiger partial charge in [-0.25, -0.2) is 9.97 Å². The molecule has 0 spiro atoms. The van der Waals surface area contributed by atoms with Crippen LogP contribution in [-0.2, 0) is 6.42 Å². The lowest BCUT2D eigenvalue weighted by Gasteiger charge is -2.39. The van der Waals surface area contributed by atoms with Crippen LogP contribution in [0.1, 0.15) is 44.6 Å². The van der Waals surface area contributed by atoms with E-state index in [0.717, 1.165) is 23.8 Å². The van der Waals surface area contributed by atoms with Gasteiger partial charge in [-0.2, -0.15) is 0 Å². The third kappa shape index (κ3) is 2.28. The Balaban J connectivity index is 2.16. The van der Waals surface area contributed by atoms with Crippen molar-refractivity contribution >= 4 is 5.82 Å². The van der Waals surface area contributed by atoms with Gasteiger partial charge in [0.2, 0.25) is 0 Å². The average Bonchev–Trinajstić information content (AvgIpc) is 2.14. The molecule has 0 unspecified atom stereocenters. The van der Waals surface area contributed by atoms with Crippen LogP contribution < -0.4 is 5.32 Å². The molecule has 1 aromatic rings. The van der Waals surface area contributed by atoms with E-state index in [-0.39, 0.29) is 5.54 Å². The van der Waals surface area contributed by atoms with E-state index in [9.17, 15) is 0 Å². The van der Waals surface area contributed by atoms with Crippen molar-refractivity contribution in [2.75, 3.05) is 5.32 Å². The zero-order valence-electron chi connectivity index (χ0n) is 9.80. The van der Waals surface area contributed by atoms with Crippen LogP contribution in [0.15, 0.2) is 6.07 Å². The Bertz CT molecular complexity index is 356. The number of hydrogen-bond donors (Lipinski definition) is 1. The van der Waals surface area contributed by atoms with Crippen molar-refractivity contribution < 1.29 is 0 Å². The predicted molar refractivity (Wildman–Crippen MR) is 62.0 cm³/mol. The summed E-state index contributed by atoms with van der Waals surface area (Å²) in [4.78, 5) is 8.80. The minimum absolute atomic E-state index is 0.270. The molecular formula is C12H19N3. The number of rotatable bonds is 3. The molecule has 0 saturated heterocycles. The molecule has 82 valence electrons. The molecule has 1 fully saturated rings. The first-order valence-electron chi connectivity index (χ1n) is 5.74. The molecule has 0 bridgehead atoms. The summed E-state index contributed by atoms with van der Waals surface area (Å²) in [6.45, 7) is 6.34. The first-order chi connectivity index (χ1) is 7.11. The second-order valence-electron chi connectivity index (χ2n) is 4.68. The summed E-state index contributed by atoms with van der Waals surface area (Å²) in [6, 6.07) is 2.07. The van der Waals surface area contributed by atoms with Crippen molar-refractivity contribution in [1.29, 1.82) is 0 Å². The van der Waals surface area contributed by atoms with Crippen LogP contribution in [0, 0.1) is 6.92 Å². The highest BCUT2D eigenvalue weighted by Crippen LogP contribution is 2.34. The third-order valence-electron chi connectivity index (χ3n) is 3.14. The van der Waals surface area contributed by atoms with Gasteiger partial charge in [0.25, 0.3) is 0 Å². The Morgan fingerprint density at radius 1 is 1.40 bits per heavy atom. The van der Waals surface area contributed by atoms with Gasteiger partial charge < -0.3 is 5.32 Å². The molecule has 0 atom stereocenters. The highest BCUT2D eigenvalue weighted by atomic mass is 15.1. The van der Waals surface area contributed by atoms with Gasteiger partial charge in [-0.3, -0.25) is 0 Å². The normalized spacial score (nSPS) is 18.3. The fourth-order valence-electron chi connectivity index (χ4n) is 2.02. The molecule has 1 saturated carbocycles. The smallest absolute Gasteiger partial charge is 0.130 e. The third-order valence-corrected chi connectivity index (χ3v) is 3.14. The van der Waals surface area contributed by atoms with Gasteiger partial charge in [0.15, 0.2) is 0 Å². The second-order valence-corrected chi connectivity index (χ2v) is 4.68. The Morgan fingerprint density at radius 3 is 2.67 bits per heavy atom. The summed E-state index contributed by atoms with van der Waals surface area (Å²) in [6.07, 6.45) is 4.79. The van der Waals surface area contributed by atoms with E-state index < -0.39 is 0 Å². The largest absolute Gasteiger partial charge is 0.365 e. The molecule has 1 aliphatic rings. The van der Waals surface area contributed by atoms with Gasteiger partial charge in [0.1, 0.15) is 11.6 Å². The van der Waals surface area contributed by atoms with E-state index >= 15 is 0 Å². The highest BCUT2D eigenvalue weighted by Gasteiger charge is 2.31. The molecule has 15 heavy (non-hydrogen) atoms. The molecule has 3 heteroatoms. The summed E-state index contributed by atoms with van der Waals surface area (Å²) in [5, 5.41) is 3.52. The van der Waals surface area contributed by atoms with Crippen LogP contribution in [0.5, 0.6) is 0 Å². The molecule has 1 N–H and O–H groups in total. The zero-order valence-corrected chi connectivity index (χ0v) is 9.80. The number of nitrogens with zero attached hydrogens (tertiary/aromatic N) is 2. The zero-order chi connectivity index (χ0) is 10.9. The van der Waals surface area contributed by atoms with Crippen molar-refractivity contribution in [3.05, 3.63) is 17.6 Å². The fourth-order valence-corrected chi connectivity index (χ4v) is 2.02. The molecule has 0 aromatic carbocycles. The van der Waals surface area contributed by atoms with Gasteiger partial charge in [-0.05, 0) is 39.5 Å². The minimum atomic E-state index is 0.270. The molecular weight excluding hydrogens is 186 g/mol. The van der Waals surface area contributed by atoms with Crippen molar-refractivity contribution in [2.24, 2.45) is 0 Å². The van der Waals surface area contributed by atoms with Crippen molar-refractivity contribution in [3.63, 3.8) is 0 Å². The molecule has 0 amide bonds. The second kappa shape index (κ2) is 3.80. The summed E-state index contributed by atoms with van der Waals surface area (Å²) in [7, 11) is 0. The van der Waals surface area contributed by atoms with Gasteiger partial charge >= 0.3 is 0 Å². The van der Waals surface area contributed by atoms with Gasteiger partial charge in [-0.1, -0.05) is 6.92 Å². The molecule has 1 aromatic heterocycles. The SMILES string of the molecule is CCc1cc(NC2(C)CCC2)nc(C)n1. The highest BCUT2D eigenvalue weighted by molar-refractivity contribution is 5.39. The summed E-state index contributed by atoms with van der Waals surface area (Å²) < 4.78 is 0. The molecule has 1 heterocycles. The van der Waals surface area contributed by atoms with Crippen LogP contribution in [0.2, 0.25) is 0 Å². The number of anilines is 1. The van der Waals surface area contributed by atoms with E-state index in [1.54, 1.807) is 0 Å². The summed E-state index contributed by atoms with van der Waals surface area (Å²) in [5.41, 5.74) is 1.39. The van der Waals surface area contributed by atoms with Crippen molar-refractivity contribution in [3.8, 4) is 0 Å². The maximum absolute atomic E-state index is 4.43. The van der Waals surface area contributed by atoms with E-state index in [4.69, 9.17) is 0 Å². The van der Waals surface area contributed by atoms with E-state index in [2.05, 4.69) is 35.2 Å². The minimum Gasteiger partial charge on any atom is -0.365 e. The van der Waals surface area contributed by atoms with E-state index in [1.165, 1.54) is 19.3 Å². The molecule has 3 nitrogen and oxygen atoms in total. The van der Waals surface area contributed by atoms with Crippen LogP contribution >= 0.6 is 0 Å². The number of hydrogen-bond acceptors (Lipinski definition) is 3. The van der Waals surface area contributed by atoms with E-state index in [1.807, 2.05) is 6.92 Å². The van der Waals surface area contributed by atoms with Gasteiger partial charge in [0, 0.05) is 17.3 Å². The maximum atomic E-state index is 4.43. The molecule has 0 radical (unpaired) electrons. The van der Waals surface area contributed by atoms with Crippen LogP contribution in [0.4, 0.5) is 5.82 Å². The van der Waals surface area contributed by atoms with Crippen molar-refractivity contribution in [1.82, 2.24) is 9.97 Å². The van der Waals surface area contributed by atoms with E-state index in [0.29, 0.717) is 0 Å². The number of aromatic nitrogens is 2. The molecule has 2 rings (SSSR count). The Morgan fingerprint density at radius 2 is 2.13 bits per heavy atom. The van der Waals surface area contributed by atoms with Gasteiger partial charge in [-0.15, -0.1) is 0 Å². The quantitative estimate of drug-likeness (QED) is 0.824. The topological polar surface area (TPSA) is 37.8 Å². The van der Waals surface area contributed by atoms with Crippen LogP contribution in [0.3, 0.4) is 0 Å².